The minimum absolute atomic E-state index is 0.0126. The molecule has 0 heterocycles. The highest BCUT2D eigenvalue weighted by Gasteiger charge is 2.00. The Morgan fingerprint density at radius 2 is 1.03 bits per heavy atom. The average Bonchev–Trinajstić information content (AvgIpc) is 2.97. The average molecular weight is 511 g/mol. The van der Waals surface area contributed by atoms with Crippen LogP contribution in [0.2, 0.25) is 0 Å². The van der Waals surface area contributed by atoms with Crippen molar-refractivity contribution in [2.45, 2.75) is 64.2 Å². The van der Waals surface area contributed by atoms with Gasteiger partial charge in [0.1, 0.15) is 11.5 Å². The molecule has 3 aromatic rings. The van der Waals surface area contributed by atoms with Crippen LogP contribution in [0.25, 0.3) is 12.2 Å². The van der Waals surface area contributed by atoms with E-state index in [1.165, 1.54) is 51.4 Å². The number of benzene rings is 3. The summed E-state index contributed by atoms with van der Waals surface area (Å²) in [6, 6.07) is 25.3. The standard InChI is InChI=1S/C35H42O3/c1-2-30-18-23-33(24-19-30)37-28-14-9-7-5-3-4-6-8-10-15-29-38-34-25-20-31(21-26-34)22-27-35(36)32-16-12-11-13-17-32/h2,11-13,16-27H,1,3-10,14-15,28-29H2. The Bertz CT molecular complexity index is 1080. The van der Waals surface area contributed by atoms with E-state index in [2.05, 4.69) is 6.58 Å². The lowest BCUT2D eigenvalue weighted by Gasteiger charge is -2.07. The molecule has 0 radical (unpaired) electrons. The van der Waals surface area contributed by atoms with Crippen molar-refractivity contribution in [3.63, 3.8) is 0 Å². The zero-order valence-electron chi connectivity index (χ0n) is 22.7. The Balaban J connectivity index is 1.12. The lowest BCUT2D eigenvalue weighted by molar-refractivity contribution is 0.104. The number of ketones is 1. The van der Waals surface area contributed by atoms with Crippen LogP contribution in [0.15, 0.2) is 91.5 Å². The molecule has 0 aromatic heterocycles. The molecule has 0 spiro atoms. The molecule has 0 amide bonds. The molecule has 0 aliphatic rings. The molecular weight excluding hydrogens is 468 g/mol. The highest BCUT2D eigenvalue weighted by atomic mass is 16.5. The zero-order valence-corrected chi connectivity index (χ0v) is 22.7. The molecule has 3 rings (SSSR count). The first-order chi connectivity index (χ1) is 18.7. The van der Waals surface area contributed by atoms with Gasteiger partial charge in [-0.3, -0.25) is 4.79 Å². The monoisotopic (exact) mass is 510 g/mol. The van der Waals surface area contributed by atoms with E-state index in [0.717, 1.165) is 48.7 Å². The van der Waals surface area contributed by atoms with Gasteiger partial charge in [0.2, 0.25) is 0 Å². The minimum Gasteiger partial charge on any atom is -0.494 e. The van der Waals surface area contributed by atoms with E-state index in [-0.39, 0.29) is 5.78 Å². The normalized spacial score (nSPS) is 10.9. The highest BCUT2D eigenvalue weighted by Crippen LogP contribution is 2.16. The first kappa shape index (κ1) is 29.0. The molecule has 0 fully saturated rings. The Morgan fingerprint density at radius 3 is 1.50 bits per heavy atom. The molecular formula is C35H42O3. The van der Waals surface area contributed by atoms with Crippen molar-refractivity contribution in [3.8, 4) is 11.5 Å². The van der Waals surface area contributed by atoms with Crippen molar-refractivity contribution in [1.82, 2.24) is 0 Å². The number of hydrogen-bond donors (Lipinski definition) is 0. The molecule has 0 saturated carbocycles. The number of carbonyl (C=O) groups excluding carboxylic acids is 1. The van der Waals surface area contributed by atoms with Crippen molar-refractivity contribution >= 4 is 17.9 Å². The van der Waals surface area contributed by atoms with E-state index >= 15 is 0 Å². The van der Waals surface area contributed by atoms with Crippen LogP contribution < -0.4 is 9.47 Å². The number of hydrogen-bond acceptors (Lipinski definition) is 3. The predicted molar refractivity (Wildman–Crippen MR) is 160 cm³/mol. The number of carbonyl (C=O) groups is 1. The fourth-order valence-corrected chi connectivity index (χ4v) is 4.24. The van der Waals surface area contributed by atoms with Gasteiger partial charge in [0, 0.05) is 5.56 Å². The largest absolute Gasteiger partial charge is 0.494 e. The van der Waals surface area contributed by atoms with Gasteiger partial charge in [0.25, 0.3) is 0 Å². The van der Waals surface area contributed by atoms with Crippen LogP contribution in [-0.4, -0.2) is 19.0 Å². The summed E-state index contributed by atoms with van der Waals surface area (Å²) < 4.78 is 11.7. The minimum atomic E-state index is 0.0126. The van der Waals surface area contributed by atoms with Gasteiger partial charge in [0.05, 0.1) is 13.2 Å². The number of unbranched alkanes of at least 4 members (excludes halogenated alkanes) is 9. The lowest BCUT2D eigenvalue weighted by atomic mass is 10.1. The highest BCUT2D eigenvalue weighted by molar-refractivity contribution is 6.06. The van der Waals surface area contributed by atoms with Crippen molar-refractivity contribution in [2.75, 3.05) is 13.2 Å². The van der Waals surface area contributed by atoms with Gasteiger partial charge in [-0.15, -0.1) is 0 Å². The fraction of sp³-hybridized carbons (Fsp3) is 0.343. The van der Waals surface area contributed by atoms with Gasteiger partial charge < -0.3 is 9.47 Å². The maximum absolute atomic E-state index is 12.2. The first-order valence-corrected chi connectivity index (χ1v) is 14.1. The molecule has 38 heavy (non-hydrogen) atoms. The summed E-state index contributed by atoms with van der Waals surface area (Å²) >= 11 is 0. The fourth-order valence-electron chi connectivity index (χ4n) is 4.24. The molecule has 3 heteroatoms. The van der Waals surface area contributed by atoms with Crippen LogP contribution >= 0.6 is 0 Å². The molecule has 3 aromatic carbocycles. The SMILES string of the molecule is C=Cc1ccc(OCCCCCCCCCCCCOc2ccc(C=CC(=O)c3ccccc3)cc2)cc1. The third kappa shape index (κ3) is 11.6. The molecule has 0 aliphatic carbocycles. The molecule has 0 bridgehead atoms. The van der Waals surface area contributed by atoms with Crippen LogP contribution in [0, 0.1) is 0 Å². The molecule has 0 aliphatic heterocycles. The van der Waals surface area contributed by atoms with Crippen LogP contribution in [-0.2, 0) is 0 Å². The summed E-state index contributed by atoms with van der Waals surface area (Å²) in [6.45, 7) is 5.32. The molecule has 3 nitrogen and oxygen atoms in total. The predicted octanol–water partition coefficient (Wildman–Crippen LogP) is 9.58. The van der Waals surface area contributed by atoms with Crippen LogP contribution in [0.1, 0.15) is 85.7 Å². The second-order valence-electron chi connectivity index (χ2n) is 9.64. The van der Waals surface area contributed by atoms with Crippen LogP contribution in [0.4, 0.5) is 0 Å². The third-order valence-electron chi connectivity index (χ3n) is 6.56. The quantitative estimate of drug-likeness (QED) is 0.0915. The molecule has 0 N–H and O–H groups in total. The second kappa shape index (κ2) is 17.8. The first-order valence-electron chi connectivity index (χ1n) is 14.1. The van der Waals surface area contributed by atoms with E-state index in [1.807, 2.05) is 91.0 Å². The van der Waals surface area contributed by atoms with Crippen LogP contribution in [0.5, 0.6) is 11.5 Å². The van der Waals surface area contributed by atoms with Gasteiger partial charge >= 0.3 is 0 Å². The smallest absolute Gasteiger partial charge is 0.185 e. The van der Waals surface area contributed by atoms with Gasteiger partial charge in [-0.25, -0.2) is 0 Å². The summed E-state index contributed by atoms with van der Waals surface area (Å²) in [4.78, 5) is 12.2. The van der Waals surface area contributed by atoms with Gasteiger partial charge in [-0.05, 0) is 54.3 Å². The molecule has 0 saturated heterocycles. The second-order valence-corrected chi connectivity index (χ2v) is 9.64. The van der Waals surface area contributed by atoms with Crippen molar-refractivity contribution in [2.24, 2.45) is 0 Å². The van der Waals surface area contributed by atoms with Gasteiger partial charge in [-0.1, -0.05) is 125 Å². The van der Waals surface area contributed by atoms with E-state index in [0.29, 0.717) is 5.56 Å². The summed E-state index contributed by atoms with van der Waals surface area (Å²) in [5, 5.41) is 0. The van der Waals surface area contributed by atoms with E-state index in [4.69, 9.17) is 9.47 Å². The summed E-state index contributed by atoms with van der Waals surface area (Å²) in [6.07, 6.45) is 17.8. The van der Waals surface area contributed by atoms with Crippen molar-refractivity contribution in [3.05, 3.63) is 108 Å². The molecule has 0 unspecified atom stereocenters. The van der Waals surface area contributed by atoms with Gasteiger partial charge in [0.15, 0.2) is 5.78 Å². The third-order valence-corrected chi connectivity index (χ3v) is 6.56. The van der Waals surface area contributed by atoms with Gasteiger partial charge in [-0.2, -0.15) is 0 Å². The number of allylic oxidation sites excluding steroid dienone is 1. The zero-order chi connectivity index (χ0) is 26.7. The van der Waals surface area contributed by atoms with E-state index in [9.17, 15) is 4.79 Å². The molecule has 200 valence electrons. The van der Waals surface area contributed by atoms with Crippen LogP contribution in [0.3, 0.4) is 0 Å². The Labute approximate surface area is 229 Å². The molecule has 0 atom stereocenters. The summed E-state index contributed by atoms with van der Waals surface area (Å²) in [5.41, 5.74) is 2.81. The number of rotatable bonds is 19. The Kier molecular flexibility index (Phi) is 13.6. The summed E-state index contributed by atoms with van der Waals surface area (Å²) in [7, 11) is 0. The lowest BCUT2D eigenvalue weighted by Crippen LogP contribution is -1.97. The van der Waals surface area contributed by atoms with E-state index < -0.39 is 0 Å². The van der Waals surface area contributed by atoms with Crippen molar-refractivity contribution < 1.29 is 14.3 Å². The summed E-state index contributed by atoms with van der Waals surface area (Å²) in [5.74, 6) is 1.84. The maximum atomic E-state index is 12.2. The topological polar surface area (TPSA) is 35.5 Å². The maximum Gasteiger partial charge on any atom is 0.185 e. The van der Waals surface area contributed by atoms with Crippen molar-refractivity contribution in [1.29, 1.82) is 0 Å². The Hall–Kier alpha value is -3.59. The number of ether oxygens (including phenoxy) is 2. The van der Waals surface area contributed by atoms with E-state index in [1.54, 1.807) is 6.08 Å². The Morgan fingerprint density at radius 1 is 0.579 bits per heavy atom.